The number of fused-ring (bicyclic) bond motifs is 1. The van der Waals surface area contributed by atoms with Gasteiger partial charge in [0.1, 0.15) is 16.8 Å². The molecule has 5 nitrogen and oxygen atoms in total. The predicted molar refractivity (Wildman–Crippen MR) is 140 cm³/mol. The van der Waals surface area contributed by atoms with Crippen molar-refractivity contribution in [2.75, 3.05) is 26.2 Å². The van der Waals surface area contributed by atoms with Crippen molar-refractivity contribution in [3.8, 4) is 32.8 Å². The second kappa shape index (κ2) is 11.6. The van der Waals surface area contributed by atoms with Crippen molar-refractivity contribution in [1.29, 1.82) is 5.26 Å². The van der Waals surface area contributed by atoms with Gasteiger partial charge >= 0.3 is 0 Å². The number of hydrogen-bond acceptors (Lipinski definition) is 6. The van der Waals surface area contributed by atoms with Crippen molar-refractivity contribution < 1.29 is 4.74 Å². The van der Waals surface area contributed by atoms with Crippen LogP contribution in [0.15, 0.2) is 42.6 Å². The maximum absolute atomic E-state index is 9.44. The van der Waals surface area contributed by atoms with E-state index in [-0.39, 0.29) is 6.10 Å². The normalized spacial score (nSPS) is 15.0. The van der Waals surface area contributed by atoms with Gasteiger partial charge in [-0.15, -0.1) is 11.3 Å². The van der Waals surface area contributed by atoms with Crippen LogP contribution in [0.2, 0.25) is 0 Å². The van der Waals surface area contributed by atoms with Crippen LogP contribution in [0.3, 0.4) is 0 Å². The van der Waals surface area contributed by atoms with Crippen LogP contribution in [0.5, 0.6) is 5.75 Å². The minimum atomic E-state index is 0.0413. The van der Waals surface area contributed by atoms with E-state index in [9.17, 15) is 5.26 Å². The molecule has 0 bridgehead atoms. The van der Waals surface area contributed by atoms with Gasteiger partial charge in [0.2, 0.25) is 0 Å². The number of nitriles is 1. The van der Waals surface area contributed by atoms with Crippen molar-refractivity contribution in [1.82, 2.24) is 9.88 Å². The lowest BCUT2D eigenvalue weighted by Crippen LogP contribution is -2.26. The van der Waals surface area contributed by atoms with Gasteiger partial charge in [0.25, 0.3) is 0 Å². The van der Waals surface area contributed by atoms with Crippen molar-refractivity contribution in [3.63, 3.8) is 0 Å². The molecule has 2 aromatic carbocycles. The Morgan fingerprint density at radius 3 is 2.71 bits per heavy atom. The fraction of sp³-hybridized carbons (Fsp3) is 0.429. The Bertz CT molecular complexity index is 1140. The summed E-state index contributed by atoms with van der Waals surface area (Å²) < 4.78 is 5.71. The molecule has 1 aromatic heterocycles. The van der Waals surface area contributed by atoms with Crippen molar-refractivity contribution in [2.45, 2.75) is 52.1 Å². The SMILES string of the molecule is CC(C)Oc1ccc(-c2ncc(-c3cccc4c3CCC4)s2)cc1C#N.NCCN1CCCC1. The summed E-state index contributed by atoms with van der Waals surface area (Å²) in [6.45, 7) is 8.38. The fourth-order valence-corrected chi connectivity index (χ4v) is 5.64. The van der Waals surface area contributed by atoms with Crippen LogP contribution >= 0.6 is 11.3 Å². The lowest BCUT2D eigenvalue weighted by Gasteiger charge is -2.11. The first-order chi connectivity index (χ1) is 16.6. The Labute approximate surface area is 207 Å². The molecule has 3 aromatic rings. The predicted octanol–water partition coefficient (Wildman–Crippen LogP) is 5.67. The number of benzene rings is 2. The van der Waals surface area contributed by atoms with E-state index in [0.29, 0.717) is 11.3 Å². The quantitative estimate of drug-likeness (QED) is 0.498. The van der Waals surface area contributed by atoms with Gasteiger partial charge in [-0.2, -0.15) is 5.26 Å². The fourth-order valence-electron chi connectivity index (χ4n) is 4.68. The van der Waals surface area contributed by atoms with Gasteiger partial charge in [-0.25, -0.2) is 4.98 Å². The molecule has 5 rings (SSSR count). The minimum absolute atomic E-state index is 0.0413. The summed E-state index contributed by atoms with van der Waals surface area (Å²) in [6, 6.07) is 14.5. The molecular formula is C28H34N4OS. The first-order valence-electron chi connectivity index (χ1n) is 12.3. The largest absolute Gasteiger partial charge is 0.490 e. The highest BCUT2D eigenvalue weighted by molar-refractivity contribution is 7.18. The number of aryl methyl sites for hydroxylation is 1. The summed E-state index contributed by atoms with van der Waals surface area (Å²) >= 11 is 1.68. The molecule has 1 aliphatic carbocycles. The number of nitrogens with two attached hydrogens (primary N) is 1. The Hall–Kier alpha value is -2.72. The summed E-state index contributed by atoms with van der Waals surface area (Å²) in [6.07, 6.45) is 8.31. The molecule has 2 N–H and O–H groups in total. The second-order valence-corrected chi connectivity index (χ2v) is 10.2. The summed E-state index contributed by atoms with van der Waals surface area (Å²) in [4.78, 5) is 8.23. The van der Waals surface area contributed by atoms with Gasteiger partial charge in [-0.3, -0.25) is 0 Å². The van der Waals surface area contributed by atoms with E-state index in [4.69, 9.17) is 10.5 Å². The van der Waals surface area contributed by atoms with Gasteiger partial charge in [-0.1, -0.05) is 18.2 Å². The lowest BCUT2D eigenvalue weighted by atomic mass is 10.0. The lowest BCUT2D eigenvalue weighted by molar-refractivity contribution is 0.242. The van der Waals surface area contributed by atoms with Gasteiger partial charge in [0.05, 0.1) is 16.5 Å². The van der Waals surface area contributed by atoms with Crippen molar-refractivity contribution in [2.24, 2.45) is 5.73 Å². The van der Waals surface area contributed by atoms with E-state index in [1.165, 1.54) is 60.3 Å². The maximum atomic E-state index is 9.44. The van der Waals surface area contributed by atoms with E-state index in [1.807, 2.05) is 38.2 Å². The molecule has 0 atom stereocenters. The molecule has 2 heterocycles. The molecule has 0 unspecified atom stereocenters. The van der Waals surface area contributed by atoms with E-state index >= 15 is 0 Å². The van der Waals surface area contributed by atoms with Crippen LogP contribution in [-0.2, 0) is 12.8 Å². The van der Waals surface area contributed by atoms with Gasteiger partial charge in [-0.05, 0) is 93.9 Å². The van der Waals surface area contributed by atoms with E-state index in [2.05, 4.69) is 34.2 Å². The number of hydrogen-bond donors (Lipinski definition) is 1. The molecule has 6 heteroatoms. The molecule has 178 valence electrons. The van der Waals surface area contributed by atoms with Crippen LogP contribution in [0.25, 0.3) is 21.0 Å². The monoisotopic (exact) mass is 474 g/mol. The highest BCUT2D eigenvalue weighted by Gasteiger charge is 2.18. The van der Waals surface area contributed by atoms with Crippen LogP contribution in [0.1, 0.15) is 49.8 Å². The van der Waals surface area contributed by atoms with Crippen LogP contribution in [0.4, 0.5) is 0 Å². The molecule has 1 saturated heterocycles. The number of nitrogens with zero attached hydrogens (tertiary/aromatic N) is 3. The third-order valence-corrected chi connectivity index (χ3v) is 7.35. The van der Waals surface area contributed by atoms with Gasteiger partial charge in [0.15, 0.2) is 0 Å². The third-order valence-electron chi connectivity index (χ3n) is 6.27. The highest BCUT2D eigenvalue weighted by atomic mass is 32.1. The molecule has 0 radical (unpaired) electrons. The Balaban J connectivity index is 0.000000291. The average molecular weight is 475 g/mol. The maximum Gasteiger partial charge on any atom is 0.137 e. The zero-order valence-electron chi connectivity index (χ0n) is 20.2. The summed E-state index contributed by atoms with van der Waals surface area (Å²) in [5, 5.41) is 10.4. The van der Waals surface area contributed by atoms with Crippen molar-refractivity contribution >= 4 is 11.3 Å². The molecule has 0 spiro atoms. The van der Waals surface area contributed by atoms with E-state index in [1.54, 1.807) is 11.3 Å². The number of likely N-dealkylation sites (tertiary alicyclic amines) is 1. The standard InChI is InChI=1S/C22H20N2OS.C6H14N2/c1-14(2)25-20-10-9-16(11-17(20)12-23)22-24-13-21(26-22)19-8-4-6-15-5-3-7-18(15)19;7-3-6-8-4-1-2-5-8/h4,6,8-11,13-14H,3,5,7H2,1-2H3;1-7H2. The summed E-state index contributed by atoms with van der Waals surface area (Å²) in [5.74, 6) is 0.629. The molecule has 1 aliphatic heterocycles. The zero-order valence-corrected chi connectivity index (χ0v) is 21.0. The van der Waals surface area contributed by atoms with Crippen LogP contribution in [0, 0.1) is 11.3 Å². The van der Waals surface area contributed by atoms with Gasteiger partial charge < -0.3 is 15.4 Å². The first-order valence-corrected chi connectivity index (χ1v) is 13.1. The average Bonchev–Trinajstić information content (AvgIpc) is 3.61. The van der Waals surface area contributed by atoms with Gasteiger partial charge in [0, 0.05) is 24.8 Å². The molecule has 0 amide bonds. The number of aromatic nitrogens is 1. The van der Waals surface area contributed by atoms with Crippen LogP contribution in [-0.4, -0.2) is 42.2 Å². The van der Waals surface area contributed by atoms with E-state index < -0.39 is 0 Å². The third kappa shape index (κ3) is 5.85. The van der Waals surface area contributed by atoms with E-state index in [0.717, 1.165) is 30.1 Å². The second-order valence-electron chi connectivity index (χ2n) is 9.15. The Morgan fingerprint density at radius 2 is 1.97 bits per heavy atom. The molecular weight excluding hydrogens is 440 g/mol. The number of ether oxygens (including phenoxy) is 1. The van der Waals surface area contributed by atoms with Crippen molar-refractivity contribution in [3.05, 3.63) is 59.3 Å². The summed E-state index contributed by atoms with van der Waals surface area (Å²) in [7, 11) is 0. The molecule has 0 saturated carbocycles. The number of rotatable bonds is 6. The first kappa shape index (κ1) is 24.4. The number of thiazole rings is 1. The molecule has 2 aliphatic rings. The smallest absolute Gasteiger partial charge is 0.137 e. The highest BCUT2D eigenvalue weighted by Crippen LogP contribution is 2.38. The molecule has 1 fully saturated rings. The zero-order chi connectivity index (χ0) is 23.9. The minimum Gasteiger partial charge on any atom is -0.490 e. The summed E-state index contributed by atoms with van der Waals surface area (Å²) in [5.41, 5.74) is 11.1. The van der Waals surface area contributed by atoms with Crippen LogP contribution < -0.4 is 10.5 Å². The molecule has 34 heavy (non-hydrogen) atoms. The Kier molecular flexibility index (Phi) is 8.34. The topological polar surface area (TPSA) is 75.2 Å². The Morgan fingerprint density at radius 1 is 1.15 bits per heavy atom.